The molecular weight excluding hydrogens is 200 g/mol. The molecule has 0 unspecified atom stereocenters. The summed E-state index contributed by atoms with van der Waals surface area (Å²) in [6.45, 7) is 1.26. The molecule has 0 amide bonds. The number of rotatable bonds is 1. The smallest absolute Gasteiger partial charge is 1.00 e. The number of benzene rings is 1. The van der Waals surface area contributed by atoms with Gasteiger partial charge in [0.15, 0.2) is 5.78 Å². The van der Waals surface area contributed by atoms with Crippen LogP contribution in [0.2, 0.25) is 0 Å². The van der Waals surface area contributed by atoms with E-state index in [1.165, 1.54) is 6.92 Å². The summed E-state index contributed by atoms with van der Waals surface area (Å²) >= 11 is 0. The molecule has 4 radical (unpaired) electrons. The SMILES string of the molecule is CC(=O)c1cc(F)cc(F)c1.[B-].[K+]. The standard InChI is InChI=1S/C8H6F2O.B.K/c1-5(11)6-2-7(9)4-8(10)3-6;;/h2-4H,1H3;;/q;-1;+1. The summed E-state index contributed by atoms with van der Waals surface area (Å²) < 4.78 is 24.8. The fourth-order valence-corrected chi connectivity index (χ4v) is 0.757. The van der Waals surface area contributed by atoms with E-state index in [-0.39, 0.29) is 71.1 Å². The summed E-state index contributed by atoms with van der Waals surface area (Å²) in [5.41, 5.74) is 0.0579. The third kappa shape index (κ3) is 5.03. The van der Waals surface area contributed by atoms with Crippen LogP contribution < -0.4 is 51.4 Å². The van der Waals surface area contributed by atoms with E-state index in [0.717, 1.165) is 18.2 Å². The van der Waals surface area contributed by atoms with E-state index in [2.05, 4.69) is 0 Å². The van der Waals surface area contributed by atoms with Gasteiger partial charge in [0.05, 0.1) is 0 Å². The van der Waals surface area contributed by atoms with E-state index in [0.29, 0.717) is 0 Å². The van der Waals surface area contributed by atoms with Gasteiger partial charge in [0.2, 0.25) is 0 Å². The average Bonchev–Trinajstić information content (AvgIpc) is 1.85. The number of hydrogen-bond acceptors (Lipinski definition) is 1. The molecule has 0 bridgehead atoms. The molecule has 1 rings (SSSR count). The number of Topliss-reactive ketones (excluding diaryl/α,β-unsaturated/α-hetero) is 1. The van der Waals surface area contributed by atoms with E-state index in [4.69, 9.17) is 0 Å². The predicted octanol–water partition coefficient (Wildman–Crippen LogP) is -1.21. The molecule has 0 aliphatic carbocycles. The Morgan fingerprint density at radius 1 is 1.15 bits per heavy atom. The molecule has 1 aromatic carbocycles. The molecule has 0 spiro atoms. The van der Waals surface area contributed by atoms with Crippen LogP contribution in [0, 0.1) is 11.6 Å². The number of ketones is 1. The van der Waals surface area contributed by atoms with Crippen LogP contribution in [0.25, 0.3) is 0 Å². The maximum absolute atomic E-state index is 12.4. The summed E-state index contributed by atoms with van der Waals surface area (Å²) in [4.78, 5) is 10.6. The summed E-state index contributed by atoms with van der Waals surface area (Å²) in [6, 6.07) is 2.74. The van der Waals surface area contributed by atoms with Gasteiger partial charge in [-0.05, 0) is 19.1 Å². The van der Waals surface area contributed by atoms with Gasteiger partial charge in [-0.1, -0.05) is 0 Å². The zero-order valence-corrected chi connectivity index (χ0v) is 10.6. The molecule has 1 aromatic rings. The molecule has 0 N–H and O–H groups in total. The van der Waals surface area contributed by atoms with Crippen molar-refractivity contribution >= 4 is 14.2 Å². The van der Waals surface area contributed by atoms with Gasteiger partial charge in [-0.25, -0.2) is 8.78 Å². The summed E-state index contributed by atoms with van der Waals surface area (Å²) in [7, 11) is 0. The first-order chi connectivity index (χ1) is 5.09. The molecule has 1 nitrogen and oxygen atoms in total. The Bertz CT molecular complexity index is 284. The Morgan fingerprint density at radius 3 is 1.85 bits per heavy atom. The van der Waals surface area contributed by atoms with Crippen molar-refractivity contribution in [3.05, 3.63) is 35.4 Å². The van der Waals surface area contributed by atoms with Crippen molar-refractivity contribution in [1.82, 2.24) is 0 Å². The number of halogens is 2. The van der Waals surface area contributed by atoms with Crippen molar-refractivity contribution < 1.29 is 65.0 Å². The fraction of sp³-hybridized carbons (Fsp3) is 0.125. The van der Waals surface area contributed by atoms with Gasteiger partial charge in [0, 0.05) is 11.6 Å². The van der Waals surface area contributed by atoms with Gasteiger partial charge in [-0.15, -0.1) is 0 Å². The van der Waals surface area contributed by atoms with Crippen molar-refractivity contribution in [2.75, 3.05) is 0 Å². The maximum Gasteiger partial charge on any atom is 1.00 e. The Balaban J connectivity index is 0. The summed E-state index contributed by atoms with van der Waals surface area (Å²) in [5.74, 6) is -1.80. The van der Waals surface area contributed by atoms with Crippen LogP contribution in [0.5, 0.6) is 0 Å². The van der Waals surface area contributed by atoms with Crippen LogP contribution in [0.1, 0.15) is 17.3 Å². The molecular formula is C8H6BF2KO. The summed E-state index contributed by atoms with van der Waals surface area (Å²) in [5, 5.41) is 0. The van der Waals surface area contributed by atoms with Crippen molar-refractivity contribution in [1.29, 1.82) is 0 Å². The van der Waals surface area contributed by atoms with Gasteiger partial charge in [0.1, 0.15) is 11.6 Å². The molecule has 0 heterocycles. The van der Waals surface area contributed by atoms with Crippen molar-refractivity contribution in [3.8, 4) is 0 Å². The van der Waals surface area contributed by atoms with E-state index in [1.807, 2.05) is 0 Å². The first-order valence-electron chi connectivity index (χ1n) is 3.06. The van der Waals surface area contributed by atoms with Crippen LogP contribution in [0.15, 0.2) is 18.2 Å². The minimum absolute atomic E-state index is 0. The molecule has 0 aliphatic heterocycles. The third-order valence-electron chi connectivity index (χ3n) is 1.27. The first-order valence-corrected chi connectivity index (χ1v) is 3.06. The second kappa shape index (κ2) is 6.84. The molecule has 0 aromatic heterocycles. The van der Waals surface area contributed by atoms with E-state index in [9.17, 15) is 13.6 Å². The summed E-state index contributed by atoms with van der Waals surface area (Å²) in [6.07, 6.45) is 0. The molecule has 0 saturated heterocycles. The van der Waals surface area contributed by atoms with Crippen molar-refractivity contribution in [2.24, 2.45) is 0 Å². The van der Waals surface area contributed by atoms with Crippen LogP contribution >= 0.6 is 0 Å². The van der Waals surface area contributed by atoms with Crippen molar-refractivity contribution in [3.63, 3.8) is 0 Å². The van der Waals surface area contributed by atoms with Crippen LogP contribution in [0.4, 0.5) is 8.78 Å². The number of carbonyl (C=O) groups is 1. The van der Waals surface area contributed by atoms with Gasteiger partial charge in [-0.2, -0.15) is 0 Å². The van der Waals surface area contributed by atoms with Gasteiger partial charge >= 0.3 is 51.4 Å². The Hall–Kier alpha value is 0.451. The molecule has 62 valence electrons. The maximum atomic E-state index is 12.4. The van der Waals surface area contributed by atoms with Gasteiger partial charge < -0.3 is 8.41 Å². The van der Waals surface area contributed by atoms with E-state index in [1.54, 1.807) is 0 Å². The first kappa shape index (κ1) is 15.9. The van der Waals surface area contributed by atoms with E-state index < -0.39 is 11.6 Å². The zero-order chi connectivity index (χ0) is 8.43. The number of carbonyl (C=O) groups excluding carboxylic acids is 1. The molecule has 0 fully saturated rings. The number of hydrogen-bond donors (Lipinski definition) is 0. The predicted molar refractivity (Wildman–Crippen MR) is 42.1 cm³/mol. The average molecular weight is 206 g/mol. The topological polar surface area (TPSA) is 17.1 Å². The normalized spacial score (nSPS) is 8.23. The Kier molecular flexibility index (Phi) is 8.37. The van der Waals surface area contributed by atoms with E-state index >= 15 is 0 Å². The zero-order valence-electron chi connectivity index (χ0n) is 7.47. The minimum Gasteiger partial charge on any atom is -1.00 e. The largest absolute Gasteiger partial charge is 1.00 e. The molecule has 0 saturated carbocycles. The quantitative estimate of drug-likeness (QED) is 0.416. The van der Waals surface area contributed by atoms with Crippen LogP contribution in [0.3, 0.4) is 0 Å². The molecule has 5 heteroatoms. The van der Waals surface area contributed by atoms with Crippen LogP contribution in [-0.2, 0) is 0 Å². The van der Waals surface area contributed by atoms with Crippen molar-refractivity contribution in [2.45, 2.75) is 6.92 Å². The van der Waals surface area contributed by atoms with Crippen LogP contribution in [-0.4, -0.2) is 14.2 Å². The van der Waals surface area contributed by atoms with Gasteiger partial charge in [-0.3, -0.25) is 4.79 Å². The molecule has 13 heavy (non-hydrogen) atoms. The fourth-order valence-electron chi connectivity index (χ4n) is 0.757. The Morgan fingerprint density at radius 2 is 1.54 bits per heavy atom. The monoisotopic (exact) mass is 206 g/mol. The molecule has 0 aliphatic rings. The third-order valence-corrected chi connectivity index (χ3v) is 1.27. The van der Waals surface area contributed by atoms with Gasteiger partial charge in [0.25, 0.3) is 0 Å². The second-order valence-electron chi connectivity index (χ2n) is 2.21. The second-order valence-corrected chi connectivity index (χ2v) is 2.21. The molecule has 0 atom stereocenters. The Labute approximate surface area is 120 Å². The minimum atomic E-state index is -0.727.